The van der Waals surface area contributed by atoms with Crippen molar-refractivity contribution in [3.63, 3.8) is 0 Å². The van der Waals surface area contributed by atoms with Gasteiger partial charge in [0.1, 0.15) is 5.82 Å². The SMILES string of the molecule is N#C/C1=C(\Nc2ccc(Br)cc2)N(c2ccc(Br)cc2)C(=O)CCCCCCCCCC1. The summed E-state index contributed by atoms with van der Waals surface area (Å²) in [5, 5.41) is 13.5. The lowest BCUT2D eigenvalue weighted by Crippen LogP contribution is -2.34. The fourth-order valence-electron chi connectivity index (χ4n) is 3.90. The molecule has 3 rings (SSSR count). The maximum atomic E-state index is 13.5. The fraction of sp³-hybridized carbons (Fsp3) is 0.385. The number of nitrogens with one attached hydrogen (secondary N) is 1. The van der Waals surface area contributed by atoms with Crippen molar-refractivity contribution in [3.8, 4) is 6.07 Å². The van der Waals surface area contributed by atoms with Crippen LogP contribution in [0.1, 0.15) is 64.2 Å². The van der Waals surface area contributed by atoms with E-state index in [1.54, 1.807) is 4.90 Å². The number of rotatable bonds is 3. The summed E-state index contributed by atoms with van der Waals surface area (Å²) in [4.78, 5) is 15.2. The van der Waals surface area contributed by atoms with Crippen LogP contribution in [0, 0.1) is 11.3 Å². The number of carbonyl (C=O) groups excluding carboxylic acids is 1. The molecule has 1 N–H and O–H groups in total. The molecule has 0 saturated carbocycles. The second-order valence-corrected chi connectivity index (χ2v) is 9.94. The summed E-state index contributed by atoms with van der Waals surface area (Å²) < 4.78 is 1.92. The third-order valence-corrected chi connectivity index (χ3v) is 6.71. The molecule has 2 aromatic rings. The molecule has 0 spiro atoms. The van der Waals surface area contributed by atoms with Gasteiger partial charge in [-0.2, -0.15) is 5.26 Å². The molecule has 0 atom stereocenters. The molecule has 0 fully saturated rings. The van der Waals surface area contributed by atoms with Gasteiger partial charge in [-0.3, -0.25) is 9.69 Å². The van der Waals surface area contributed by atoms with Gasteiger partial charge >= 0.3 is 0 Å². The van der Waals surface area contributed by atoms with Crippen LogP contribution in [0.4, 0.5) is 11.4 Å². The molecule has 0 radical (unpaired) electrons. The van der Waals surface area contributed by atoms with Crippen LogP contribution in [-0.2, 0) is 4.79 Å². The summed E-state index contributed by atoms with van der Waals surface area (Å²) in [6.45, 7) is 0. The highest BCUT2D eigenvalue weighted by Crippen LogP contribution is 2.29. The van der Waals surface area contributed by atoms with E-state index in [-0.39, 0.29) is 5.91 Å². The number of hydrogen-bond acceptors (Lipinski definition) is 3. The number of nitrogens with zero attached hydrogens (tertiary/aromatic N) is 2. The van der Waals surface area contributed by atoms with Crippen LogP contribution in [0.3, 0.4) is 0 Å². The monoisotopic (exact) mass is 557 g/mol. The highest BCUT2D eigenvalue weighted by Gasteiger charge is 2.24. The van der Waals surface area contributed by atoms with Crippen molar-refractivity contribution in [2.75, 3.05) is 10.2 Å². The molecule has 6 heteroatoms. The Balaban J connectivity index is 2.06. The minimum absolute atomic E-state index is 0.0109. The quantitative estimate of drug-likeness (QED) is 0.412. The minimum atomic E-state index is 0.0109. The van der Waals surface area contributed by atoms with Gasteiger partial charge in [0.2, 0.25) is 5.91 Å². The van der Waals surface area contributed by atoms with Gasteiger partial charge in [-0.15, -0.1) is 0 Å². The van der Waals surface area contributed by atoms with E-state index in [0.29, 0.717) is 24.2 Å². The standard InChI is InChI=1S/C26H29Br2N3O/c27-21-11-15-23(16-12-21)30-26-20(19-29)9-7-5-3-1-2-4-6-8-10-25(32)31(26)24-17-13-22(28)14-18-24/h11-18,30H,1-10H2/b26-20+. The Bertz CT molecular complexity index is 962. The van der Waals surface area contributed by atoms with Gasteiger partial charge in [0.05, 0.1) is 17.3 Å². The molecule has 32 heavy (non-hydrogen) atoms. The lowest BCUT2D eigenvalue weighted by molar-refractivity contribution is -0.118. The maximum absolute atomic E-state index is 13.5. The zero-order valence-electron chi connectivity index (χ0n) is 18.2. The molecule has 1 amide bonds. The predicted octanol–water partition coefficient (Wildman–Crippen LogP) is 8.31. The van der Waals surface area contributed by atoms with Crippen LogP contribution < -0.4 is 10.2 Å². The summed E-state index contributed by atoms with van der Waals surface area (Å²) in [5.74, 6) is 0.580. The van der Waals surface area contributed by atoms with Crippen molar-refractivity contribution in [2.45, 2.75) is 64.2 Å². The smallest absolute Gasteiger partial charge is 0.232 e. The van der Waals surface area contributed by atoms with Crippen LogP contribution in [0.25, 0.3) is 0 Å². The highest BCUT2D eigenvalue weighted by atomic mass is 79.9. The molecule has 1 aliphatic rings. The first-order valence-electron chi connectivity index (χ1n) is 11.3. The van der Waals surface area contributed by atoms with Crippen LogP contribution in [0.15, 0.2) is 68.9 Å². The molecule has 0 bridgehead atoms. The number of allylic oxidation sites excluding steroid dienone is 1. The molecule has 2 aromatic carbocycles. The Kier molecular flexibility index (Phi) is 9.83. The van der Waals surface area contributed by atoms with Crippen LogP contribution in [0.2, 0.25) is 0 Å². The first-order chi connectivity index (χ1) is 15.6. The van der Waals surface area contributed by atoms with E-state index in [4.69, 9.17) is 0 Å². The number of anilines is 2. The van der Waals surface area contributed by atoms with E-state index in [1.807, 2.05) is 48.5 Å². The van der Waals surface area contributed by atoms with Crippen LogP contribution in [0.5, 0.6) is 0 Å². The highest BCUT2D eigenvalue weighted by molar-refractivity contribution is 9.10. The van der Waals surface area contributed by atoms with Crippen molar-refractivity contribution in [2.24, 2.45) is 0 Å². The molecule has 0 unspecified atom stereocenters. The molecule has 0 aliphatic carbocycles. The van der Waals surface area contributed by atoms with Crippen molar-refractivity contribution < 1.29 is 4.79 Å². The van der Waals surface area contributed by atoms with Crippen LogP contribution >= 0.6 is 31.9 Å². The van der Waals surface area contributed by atoms with Gasteiger partial charge in [-0.25, -0.2) is 0 Å². The number of hydrogen-bond donors (Lipinski definition) is 1. The minimum Gasteiger partial charge on any atom is -0.340 e. The summed E-state index contributed by atoms with van der Waals surface area (Å²) in [6, 6.07) is 17.9. The molecule has 0 aromatic heterocycles. The summed E-state index contributed by atoms with van der Waals surface area (Å²) >= 11 is 6.96. The topological polar surface area (TPSA) is 56.1 Å². The Morgan fingerprint density at radius 1 is 0.750 bits per heavy atom. The number of benzene rings is 2. The van der Waals surface area contributed by atoms with E-state index >= 15 is 0 Å². The zero-order chi connectivity index (χ0) is 22.8. The van der Waals surface area contributed by atoms with Crippen molar-refractivity contribution >= 4 is 49.1 Å². The largest absolute Gasteiger partial charge is 0.340 e. The number of halogens is 2. The fourth-order valence-corrected chi connectivity index (χ4v) is 4.43. The molecule has 4 nitrogen and oxygen atoms in total. The third kappa shape index (κ3) is 7.21. The summed E-state index contributed by atoms with van der Waals surface area (Å²) in [5.41, 5.74) is 2.21. The first kappa shape index (κ1) is 24.5. The van der Waals surface area contributed by atoms with Crippen LogP contribution in [-0.4, -0.2) is 5.91 Å². The second-order valence-electron chi connectivity index (χ2n) is 8.10. The first-order valence-corrected chi connectivity index (χ1v) is 12.9. The lowest BCUT2D eigenvalue weighted by atomic mass is 10.0. The van der Waals surface area contributed by atoms with Crippen molar-refractivity contribution in [1.82, 2.24) is 0 Å². The second kappa shape index (κ2) is 12.8. The molecule has 1 aliphatic heterocycles. The van der Waals surface area contributed by atoms with Gasteiger partial charge in [0, 0.05) is 21.1 Å². The predicted molar refractivity (Wildman–Crippen MR) is 138 cm³/mol. The Labute approximate surface area is 208 Å². The van der Waals surface area contributed by atoms with E-state index in [9.17, 15) is 10.1 Å². The molecule has 0 saturated heterocycles. The van der Waals surface area contributed by atoms with Gasteiger partial charge < -0.3 is 5.32 Å². The number of amides is 1. The van der Waals surface area contributed by atoms with Gasteiger partial charge in [0.15, 0.2) is 0 Å². The Hall–Kier alpha value is -2.10. The van der Waals surface area contributed by atoms with Gasteiger partial charge in [-0.1, -0.05) is 70.4 Å². The molecule has 168 valence electrons. The normalized spacial score (nSPS) is 19.2. The maximum Gasteiger partial charge on any atom is 0.232 e. The van der Waals surface area contributed by atoms with Gasteiger partial charge in [-0.05, 0) is 67.8 Å². The average Bonchev–Trinajstić information content (AvgIpc) is 2.79. The zero-order valence-corrected chi connectivity index (χ0v) is 21.4. The van der Waals surface area contributed by atoms with E-state index in [2.05, 4.69) is 43.2 Å². The molecular formula is C26H29Br2N3O. The Morgan fingerprint density at radius 2 is 1.25 bits per heavy atom. The van der Waals surface area contributed by atoms with E-state index in [1.165, 1.54) is 25.7 Å². The van der Waals surface area contributed by atoms with Gasteiger partial charge in [0.25, 0.3) is 0 Å². The summed E-state index contributed by atoms with van der Waals surface area (Å²) in [6.07, 6.45) is 9.90. The molecular weight excluding hydrogens is 530 g/mol. The van der Waals surface area contributed by atoms with Crippen molar-refractivity contribution in [1.29, 1.82) is 5.26 Å². The summed E-state index contributed by atoms with van der Waals surface area (Å²) in [7, 11) is 0. The Morgan fingerprint density at radius 3 is 1.81 bits per heavy atom. The average molecular weight is 559 g/mol. The van der Waals surface area contributed by atoms with Crippen molar-refractivity contribution in [3.05, 3.63) is 68.9 Å². The number of nitriles is 1. The third-order valence-electron chi connectivity index (χ3n) is 5.65. The van der Waals surface area contributed by atoms with E-state index < -0.39 is 0 Å². The molecule has 1 heterocycles. The lowest BCUT2D eigenvalue weighted by Gasteiger charge is -2.28. The van der Waals surface area contributed by atoms with E-state index in [0.717, 1.165) is 46.0 Å². The number of carbonyl (C=O) groups is 1.